The van der Waals surface area contributed by atoms with Crippen LogP contribution >= 0.6 is 0 Å². The maximum Gasteiger partial charge on any atom is 0.0991 e. The molecule has 31 heavy (non-hydrogen) atoms. The van der Waals surface area contributed by atoms with Gasteiger partial charge in [0.05, 0.1) is 11.6 Å². The van der Waals surface area contributed by atoms with Crippen molar-refractivity contribution in [2.45, 2.75) is 19.3 Å². The topological polar surface area (TPSA) is 23.8 Å². The maximum atomic E-state index is 9.40. The Labute approximate surface area is 182 Å². The Bertz CT molecular complexity index is 1510. The number of benzene rings is 5. The van der Waals surface area contributed by atoms with Crippen LogP contribution in [-0.4, -0.2) is 0 Å². The summed E-state index contributed by atoms with van der Waals surface area (Å²) in [5, 5.41) is 14.5. The third-order valence-corrected chi connectivity index (χ3v) is 6.87. The first kappa shape index (κ1) is 17.9. The zero-order valence-electron chi connectivity index (χ0n) is 17.6. The molecule has 6 rings (SSSR count). The van der Waals surface area contributed by atoms with E-state index in [-0.39, 0.29) is 5.41 Å². The third kappa shape index (κ3) is 2.49. The minimum atomic E-state index is -0.145. The second-order valence-electron chi connectivity index (χ2n) is 8.95. The smallest absolute Gasteiger partial charge is 0.0991 e. The van der Waals surface area contributed by atoms with E-state index >= 15 is 0 Å². The Morgan fingerprint density at radius 3 is 1.87 bits per heavy atom. The molecule has 1 heteroatoms. The molecule has 1 nitrogen and oxygen atoms in total. The lowest BCUT2D eigenvalue weighted by molar-refractivity contribution is 0.660. The molecule has 0 saturated carbocycles. The van der Waals surface area contributed by atoms with Crippen molar-refractivity contribution in [1.82, 2.24) is 0 Å². The van der Waals surface area contributed by atoms with Gasteiger partial charge in [0.15, 0.2) is 0 Å². The Morgan fingerprint density at radius 1 is 0.645 bits per heavy atom. The lowest BCUT2D eigenvalue weighted by Crippen LogP contribution is -2.15. The first-order valence-corrected chi connectivity index (χ1v) is 10.7. The number of rotatable bonds is 1. The van der Waals surface area contributed by atoms with Gasteiger partial charge in [0.2, 0.25) is 0 Å². The van der Waals surface area contributed by atoms with Gasteiger partial charge in [-0.15, -0.1) is 0 Å². The van der Waals surface area contributed by atoms with Gasteiger partial charge in [0.25, 0.3) is 0 Å². The van der Waals surface area contributed by atoms with Crippen LogP contribution in [0.25, 0.3) is 43.8 Å². The van der Waals surface area contributed by atoms with Crippen LogP contribution in [0, 0.1) is 11.3 Å². The predicted octanol–water partition coefficient (Wildman–Crippen LogP) is 7.84. The molecule has 5 aromatic rings. The SMILES string of the molecule is CC1(C)c2cc(C#N)ccc2-c2ccc(-c3c4ccccc4cc4ccccc34)cc21. The van der Waals surface area contributed by atoms with Gasteiger partial charge >= 0.3 is 0 Å². The van der Waals surface area contributed by atoms with Gasteiger partial charge in [0.1, 0.15) is 0 Å². The molecule has 1 aliphatic carbocycles. The van der Waals surface area contributed by atoms with E-state index in [1.54, 1.807) is 0 Å². The highest BCUT2D eigenvalue weighted by Gasteiger charge is 2.35. The first-order chi connectivity index (χ1) is 15.1. The van der Waals surface area contributed by atoms with Crippen molar-refractivity contribution in [3.63, 3.8) is 0 Å². The molecule has 0 aliphatic heterocycles. The summed E-state index contributed by atoms with van der Waals surface area (Å²) in [7, 11) is 0. The number of hydrogen-bond acceptors (Lipinski definition) is 1. The van der Waals surface area contributed by atoms with Crippen molar-refractivity contribution in [1.29, 1.82) is 5.26 Å². The van der Waals surface area contributed by atoms with Crippen molar-refractivity contribution in [3.8, 4) is 28.3 Å². The van der Waals surface area contributed by atoms with E-state index in [4.69, 9.17) is 0 Å². The van der Waals surface area contributed by atoms with Gasteiger partial charge in [-0.05, 0) is 79.2 Å². The minimum Gasteiger partial charge on any atom is -0.192 e. The van der Waals surface area contributed by atoms with Crippen LogP contribution in [0.5, 0.6) is 0 Å². The van der Waals surface area contributed by atoms with Gasteiger partial charge in [0, 0.05) is 5.41 Å². The van der Waals surface area contributed by atoms with Gasteiger partial charge in [-0.1, -0.05) is 80.6 Å². The van der Waals surface area contributed by atoms with Crippen molar-refractivity contribution in [3.05, 3.63) is 108 Å². The number of nitrogens with zero attached hydrogens (tertiary/aromatic N) is 1. The summed E-state index contributed by atoms with van der Waals surface area (Å²) in [6, 6.07) is 34.9. The van der Waals surface area contributed by atoms with Crippen LogP contribution in [0.3, 0.4) is 0 Å². The standard InChI is InChI=1S/C30H21N/c1-30(2)27-15-19(18-31)11-13-25(27)26-14-12-22(17-28(26)30)29-23-9-5-3-7-20(23)16-21-8-4-6-10-24(21)29/h3-17H,1-2H3. The molecular formula is C30H21N. The highest BCUT2D eigenvalue weighted by molar-refractivity contribution is 6.12. The Morgan fingerprint density at radius 2 is 1.23 bits per heavy atom. The van der Waals surface area contributed by atoms with Crippen LogP contribution in [0.4, 0.5) is 0 Å². The Balaban J connectivity index is 1.66. The summed E-state index contributed by atoms with van der Waals surface area (Å²) >= 11 is 0. The van der Waals surface area contributed by atoms with E-state index in [1.807, 2.05) is 6.07 Å². The van der Waals surface area contributed by atoms with Gasteiger partial charge in [-0.3, -0.25) is 0 Å². The second kappa shape index (κ2) is 6.30. The zero-order valence-corrected chi connectivity index (χ0v) is 17.6. The molecule has 0 radical (unpaired) electrons. The van der Waals surface area contributed by atoms with Crippen molar-refractivity contribution in [2.75, 3.05) is 0 Å². The lowest BCUT2D eigenvalue weighted by Gasteiger charge is -2.22. The summed E-state index contributed by atoms with van der Waals surface area (Å²) in [5.41, 5.74) is 8.20. The van der Waals surface area contributed by atoms with Crippen LogP contribution in [0.2, 0.25) is 0 Å². The molecule has 1 aliphatic rings. The van der Waals surface area contributed by atoms with E-state index in [0.29, 0.717) is 0 Å². The Hall–Kier alpha value is -3.89. The fourth-order valence-corrected chi connectivity index (χ4v) is 5.29. The van der Waals surface area contributed by atoms with Crippen LogP contribution < -0.4 is 0 Å². The summed E-state index contributed by atoms with van der Waals surface area (Å²) in [6.07, 6.45) is 0. The molecule has 0 unspecified atom stereocenters. The second-order valence-corrected chi connectivity index (χ2v) is 8.95. The van der Waals surface area contributed by atoms with Gasteiger partial charge < -0.3 is 0 Å². The molecule has 0 N–H and O–H groups in total. The molecule has 0 amide bonds. The van der Waals surface area contributed by atoms with E-state index in [0.717, 1.165) is 5.56 Å². The molecule has 0 saturated heterocycles. The summed E-state index contributed by atoms with van der Waals surface area (Å²) in [6.45, 7) is 4.54. The molecule has 0 atom stereocenters. The molecule has 5 aromatic carbocycles. The third-order valence-electron chi connectivity index (χ3n) is 6.87. The largest absolute Gasteiger partial charge is 0.192 e. The average molecular weight is 396 g/mol. The number of nitriles is 1. The average Bonchev–Trinajstić information content (AvgIpc) is 3.03. The molecule has 0 bridgehead atoms. The van der Waals surface area contributed by atoms with Crippen LogP contribution in [0.1, 0.15) is 30.5 Å². The van der Waals surface area contributed by atoms with Crippen LogP contribution in [-0.2, 0) is 5.41 Å². The normalized spacial score (nSPS) is 13.7. The molecule has 0 heterocycles. The monoisotopic (exact) mass is 395 g/mol. The fraction of sp³-hybridized carbons (Fsp3) is 0.100. The first-order valence-electron chi connectivity index (χ1n) is 10.7. The van der Waals surface area contributed by atoms with Gasteiger partial charge in [-0.25, -0.2) is 0 Å². The molecular weight excluding hydrogens is 374 g/mol. The number of fused-ring (bicyclic) bond motifs is 5. The van der Waals surface area contributed by atoms with E-state index in [9.17, 15) is 5.26 Å². The molecule has 0 spiro atoms. The summed E-state index contributed by atoms with van der Waals surface area (Å²) in [5.74, 6) is 0. The highest BCUT2D eigenvalue weighted by Crippen LogP contribution is 2.50. The Kier molecular flexibility index (Phi) is 3.64. The number of hydrogen-bond donors (Lipinski definition) is 0. The predicted molar refractivity (Wildman–Crippen MR) is 129 cm³/mol. The van der Waals surface area contributed by atoms with Crippen molar-refractivity contribution >= 4 is 21.5 Å². The highest BCUT2D eigenvalue weighted by atomic mass is 14.4. The zero-order chi connectivity index (χ0) is 21.2. The fourth-order valence-electron chi connectivity index (χ4n) is 5.29. The van der Waals surface area contributed by atoms with E-state index in [2.05, 4.69) is 105 Å². The quantitative estimate of drug-likeness (QED) is 0.265. The van der Waals surface area contributed by atoms with Gasteiger partial charge in [-0.2, -0.15) is 5.26 Å². The molecule has 0 fully saturated rings. The van der Waals surface area contributed by atoms with E-state index < -0.39 is 0 Å². The molecule has 146 valence electrons. The minimum absolute atomic E-state index is 0.145. The summed E-state index contributed by atoms with van der Waals surface area (Å²) in [4.78, 5) is 0. The van der Waals surface area contributed by atoms with E-state index in [1.165, 1.54) is 54.9 Å². The lowest BCUT2D eigenvalue weighted by atomic mass is 9.80. The van der Waals surface area contributed by atoms with Crippen molar-refractivity contribution < 1.29 is 0 Å². The van der Waals surface area contributed by atoms with Crippen LogP contribution in [0.15, 0.2) is 91.0 Å². The maximum absolute atomic E-state index is 9.40. The summed E-state index contributed by atoms with van der Waals surface area (Å²) < 4.78 is 0. The molecule has 0 aromatic heterocycles. The van der Waals surface area contributed by atoms with Crippen molar-refractivity contribution in [2.24, 2.45) is 0 Å².